The SMILES string of the molecule is CCC1CN(C2CCC(CO)(NC)C2)CCCO1. The van der Waals surface area contributed by atoms with Gasteiger partial charge in [-0.25, -0.2) is 0 Å². The van der Waals surface area contributed by atoms with Crippen molar-refractivity contribution in [1.29, 1.82) is 0 Å². The molecule has 1 saturated heterocycles. The first-order valence-corrected chi connectivity index (χ1v) is 7.38. The lowest BCUT2D eigenvalue weighted by Crippen LogP contribution is -2.46. The van der Waals surface area contributed by atoms with Crippen LogP contribution in [-0.2, 0) is 4.74 Å². The minimum absolute atomic E-state index is 0.0421. The number of aliphatic hydroxyl groups is 1. The molecule has 1 aliphatic carbocycles. The summed E-state index contributed by atoms with van der Waals surface area (Å²) in [4.78, 5) is 2.59. The molecule has 2 rings (SSSR count). The van der Waals surface area contributed by atoms with E-state index < -0.39 is 0 Å². The molecule has 3 atom stereocenters. The second-order valence-electron chi connectivity index (χ2n) is 5.83. The van der Waals surface area contributed by atoms with Crippen molar-refractivity contribution in [2.45, 2.75) is 56.7 Å². The Balaban J connectivity index is 1.95. The Morgan fingerprint density at radius 1 is 1.50 bits per heavy atom. The van der Waals surface area contributed by atoms with Gasteiger partial charge in [-0.05, 0) is 39.2 Å². The molecule has 106 valence electrons. The normalized spacial score (nSPS) is 38.8. The molecule has 2 N–H and O–H groups in total. The van der Waals surface area contributed by atoms with Crippen molar-refractivity contribution in [3.8, 4) is 0 Å². The molecular weight excluding hydrogens is 228 g/mol. The van der Waals surface area contributed by atoms with Gasteiger partial charge in [0.2, 0.25) is 0 Å². The van der Waals surface area contributed by atoms with E-state index in [1.807, 2.05) is 7.05 Å². The van der Waals surface area contributed by atoms with Crippen molar-refractivity contribution in [2.75, 3.05) is 33.4 Å². The molecule has 1 heterocycles. The van der Waals surface area contributed by atoms with Crippen LogP contribution in [0.25, 0.3) is 0 Å². The van der Waals surface area contributed by atoms with Crippen LogP contribution < -0.4 is 5.32 Å². The highest BCUT2D eigenvalue weighted by Crippen LogP contribution is 2.33. The van der Waals surface area contributed by atoms with Crippen LogP contribution in [0, 0.1) is 0 Å². The molecule has 4 nitrogen and oxygen atoms in total. The van der Waals surface area contributed by atoms with Crippen molar-refractivity contribution < 1.29 is 9.84 Å². The highest BCUT2D eigenvalue weighted by Gasteiger charge is 2.40. The van der Waals surface area contributed by atoms with Gasteiger partial charge >= 0.3 is 0 Å². The topological polar surface area (TPSA) is 44.7 Å². The van der Waals surface area contributed by atoms with Gasteiger partial charge in [-0.15, -0.1) is 0 Å². The van der Waals surface area contributed by atoms with Crippen molar-refractivity contribution >= 4 is 0 Å². The first-order valence-electron chi connectivity index (χ1n) is 7.38. The Labute approximate surface area is 111 Å². The Bertz CT molecular complexity index is 256. The fraction of sp³-hybridized carbons (Fsp3) is 1.00. The summed E-state index contributed by atoms with van der Waals surface area (Å²) in [5, 5.41) is 12.9. The summed E-state index contributed by atoms with van der Waals surface area (Å²) in [5.74, 6) is 0. The zero-order valence-corrected chi connectivity index (χ0v) is 11.8. The number of ether oxygens (including phenoxy) is 1. The lowest BCUT2D eigenvalue weighted by molar-refractivity contribution is 0.0446. The number of nitrogens with zero attached hydrogens (tertiary/aromatic N) is 1. The number of rotatable bonds is 4. The van der Waals surface area contributed by atoms with E-state index in [4.69, 9.17) is 4.74 Å². The van der Waals surface area contributed by atoms with Crippen LogP contribution in [-0.4, -0.2) is 61.0 Å². The standard InChI is InChI=1S/C14H28N2O2/c1-3-13-10-16(7-4-8-18-13)12-5-6-14(9-12,11-17)15-2/h12-13,15,17H,3-11H2,1-2H3. The summed E-state index contributed by atoms with van der Waals surface area (Å²) in [6, 6.07) is 0.611. The number of likely N-dealkylation sites (N-methyl/N-ethyl adjacent to an activating group) is 1. The number of hydrogen-bond donors (Lipinski definition) is 2. The molecule has 2 aliphatic rings. The largest absolute Gasteiger partial charge is 0.394 e. The summed E-state index contributed by atoms with van der Waals surface area (Å²) in [6.45, 7) is 5.56. The number of hydrogen-bond acceptors (Lipinski definition) is 4. The van der Waals surface area contributed by atoms with Gasteiger partial charge in [0.1, 0.15) is 0 Å². The molecule has 3 unspecified atom stereocenters. The van der Waals surface area contributed by atoms with Crippen molar-refractivity contribution in [1.82, 2.24) is 10.2 Å². The monoisotopic (exact) mass is 256 g/mol. The molecule has 2 fully saturated rings. The van der Waals surface area contributed by atoms with E-state index >= 15 is 0 Å². The van der Waals surface area contributed by atoms with E-state index in [9.17, 15) is 5.11 Å². The highest BCUT2D eigenvalue weighted by molar-refractivity contribution is 4.99. The van der Waals surface area contributed by atoms with Gasteiger partial charge in [-0.3, -0.25) is 4.90 Å². The maximum Gasteiger partial charge on any atom is 0.0699 e. The van der Waals surface area contributed by atoms with E-state index in [1.165, 1.54) is 6.42 Å². The zero-order chi connectivity index (χ0) is 13.0. The molecule has 18 heavy (non-hydrogen) atoms. The second kappa shape index (κ2) is 6.33. The second-order valence-corrected chi connectivity index (χ2v) is 5.83. The zero-order valence-electron chi connectivity index (χ0n) is 11.8. The van der Waals surface area contributed by atoms with E-state index in [0.717, 1.165) is 45.4 Å². The van der Waals surface area contributed by atoms with Crippen molar-refractivity contribution in [3.05, 3.63) is 0 Å². The predicted octanol–water partition coefficient (Wildman–Crippen LogP) is 0.990. The summed E-state index contributed by atoms with van der Waals surface area (Å²) in [6.07, 6.45) is 5.97. The first-order chi connectivity index (χ1) is 8.73. The van der Waals surface area contributed by atoms with E-state index in [-0.39, 0.29) is 12.1 Å². The summed E-state index contributed by atoms with van der Waals surface area (Å²) < 4.78 is 5.84. The molecule has 0 aromatic carbocycles. The van der Waals surface area contributed by atoms with Gasteiger partial charge in [-0.2, -0.15) is 0 Å². The Morgan fingerprint density at radius 3 is 2.94 bits per heavy atom. The van der Waals surface area contributed by atoms with E-state index in [2.05, 4.69) is 17.1 Å². The highest BCUT2D eigenvalue weighted by atomic mass is 16.5. The smallest absolute Gasteiger partial charge is 0.0699 e. The molecule has 0 radical (unpaired) electrons. The third kappa shape index (κ3) is 3.05. The molecule has 0 spiro atoms. The number of nitrogens with one attached hydrogen (secondary N) is 1. The molecular formula is C14H28N2O2. The van der Waals surface area contributed by atoms with Crippen LogP contribution in [0.5, 0.6) is 0 Å². The Kier molecular flexibility index (Phi) is 5.01. The fourth-order valence-corrected chi connectivity index (χ4v) is 3.36. The Morgan fingerprint density at radius 2 is 2.33 bits per heavy atom. The lowest BCUT2D eigenvalue weighted by atomic mass is 9.99. The van der Waals surface area contributed by atoms with Crippen LogP contribution in [0.2, 0.25) is 0 Å². The molecule has 0 aromatic heterocycles. The van der Waals surface area contributed by atoms with Gasteiger partial charge in [-0.1, -0.05) is 6.92 Å². The minimum Gasteiger partial charge on any atom is -0.394 e. The van der Waals surface area contributed by atoms with Gasteiger partial charge in [0, 0.05) is 31.3 Å². The molecule has 1 saturated carbocycles. The molecule has 0 bridgehead atoms. The predicted molar refractivity (Wildman–Crippen MR) is 72.7 cm³/mol. The summed E-state index contributed by atoms with van der Waals surface area (Å²) in [5.41, 5.74) is -0.0421. The summed E-state index contributed by atoms with van der Waals surface area (Å²) >= 11 is 0. The van der Waals surface area contributed by atoms with Crippen LogP contribution in [0.15, 0.2) is 0 Å². The quantitative estimate of drug-likeness (QED) is 0.787. The Hall–Kier alpha value is -0.160. The van der Waals surface area contributed by atoms with Crippen LogP contribution in [0.3, 0.4) is 0 Å². The molecule has 0 aromatic rings. The average molecular weight is 256 g/mol. The van der Waals surface area contributed by atoms with Gasteiger partial charge in [0.15, 0.2) is 0 Å². The minimum atomic E-state index is -0.0421. The molecule has 0 amide bonds. The fourth-order valence-electron chi connectivity index (χ4n) is 3.36. The van der Waals surface area contributed by atoms with Crippen LogP contribution in [0.4, 0.5) is 0 Å². The lowest BCUT2D eigenvalue weighted by Gasteiger charge is -2.32. The van der Waals surface area contributed by atoms with Gasteiger partial charge in [0.05, 0.1) is 12.7 Å². The average Bonchev–Trinajstić information content (AvgIpc) is 2.70. The molecule has 4 heteroatoms. The van der Waals surface area contributed by atoms with Crippen LogP contribution in [0.1, 0.15) is 39.0 Å². The third-order valence-corrected chi connectivity index (χ3v) is 4.77. The van der Waals surface area contributed by atoms with Crippen molar-refractivity contribution in [2.24, 2.45) is 0 Å². The van der Waals surface area contributed by atoms with Crippen molar-refractivity contribution in [3.63, 3.8) is 0 Å². The maximum atomic E-state index is 9.58. The first kappa shape index (κ1) is 14.3. The number of aliphatic hydroxyl groups excluding tert-OH is 1. The maximum absolute atomic E-state index is 9.58. The molecule has 1 aliphatic heterocycles. The van der Waals surface area contributed by atoms with Gasteiger partial charge in [0.25, 0.3) is 0 Å². The van der Waals surface area contributed by atoms with E-state index in [1.54, 1.807) is 0 Å². The third-order valence-electron chi connectivity index (χ3n) is 4.77. The van der Waals surface area contributed by atoms with E-state index in [0.29, 0.717) is 12.1 Å². The van der Waals surface area contributed by atoms with Crippen LogP contribution >= 0.6 is 0 Å². The van der Waals surface area contributed by atoms with Gasteiger partial charge < -0.3 is 15.2 Å². The summed E-state index contributed by atoms with van der Waals surface area (Å²) in [7, 11) is 1.97.